The monoisotopic (exact) mass is 337 g/mol. The number of nitrogens with one attached hydrogen (secondary N) is 1. The van der Waals surface area contributed by atoms with Crippen LogP contribution in [0.15, 0.2) is 29.0 Å². The maximum atomic E-state index is 5.05. The first kappa shape index (κ1) is 15.2. The third kappa shape index (κ3) is 3.48. The summed E-state index contributed by atoms with van der Waals surface area (Å²) in [4.78, 5) is 4.38. The molecule has 0 fully saturated rings. The van der Waals surface area contributed by atoms with Crippen LogP contribution in [0.3, 0.4) is 0 Å². The molecule has 0 aliphatic rings. The summed E-state index contributed by atoms with van der Waals surface area (Å²) in [5.41, 5.74) is 4.62. The second-order valence-corrected chi connectivity index (χ2v) is 5.64. The quantitative estimate of drug-likeness (QED) is 0.823. The van der Waals surface area contributed by atoms with Crippen LogP contribution in [0.5, 0.6) is 0 Å². The maximum absolute atomic E-state index is 5.05. The van der Waals surface area contributed by atoms with E-state index in [0.29, 0.717) is 0 Å². The largest absolute Gasteiger partial charge is 0.383 e. The van der Waals surface area contributed by atoms with Gasteiger partial charge in [-0.1, -0.05) is 22.0 Å². The van der Waals surface area contributed by atoms with E-state index in [-0.39, 0.29) is 0 Å². The van der Waals surface area contributed by atoms with E-state index < -0.39 is 0 Å². The van der Waals surface area contributed by atoms with Crippen molar-refractivity contribution in [3.8, 4) is 5.69 Å². The molecular weight excluding hydrogens is 318 g/mol. The van der Waals surface area contributed by atoms with Gasteiger partial charge in [-0.05, 0) is 31.5 Å². The van der Waals surface area contributed by atoms with Gasteiger partial charge in [0.25, 0.3) is 0 Å². The second-order valence-electron chi connectivity index (χ2n) is 4.73. The lowest BCUT2D eigenvalue weighted by Gasteiger charge is -2.13. The van der Waals surface area contributed by atoms with Crippen molar-refractivity contribution in [3.05, 3.63) is 46.0 Å². The normalized spacial score (nSPS) is 11.0. The van der Waals surface area contributed by atoms with E-state index in [4.69, 9.17) is 4.74 Å². The minimum absolute atomic E-state index is 0.717. The fraction of sp³-hybridized carbons (Fsp3) is 0.400. The summed E-state index contributed by atoms with van der Waals surface area (Å²) in [6.45, 7) is 6.48. The zero-order valence-electron chi connectivity index (χ0n) is 12.1. The number of rotatable bonds is 6. The first-order valence-electron chi connectivity index (χ1n) is 6.62. The molecule has 0 aliphatic carbocycles. The first-order valence-corrected chi connectivity index (χ1v) is 7.41. The lowest BCUT2D eigenvalue weighted by atomic mass is 10.1. The molecule has 1 aromatic carbocycles. The number of hydrogen-bond donors (Lipinski definition) is 1. The van der Waals surface area contributed by atoms with E-state index in [9.17, 15) is 0 Å². The fourth-order valence-electron chi connectivity index (χ4n) is 2.05. The molecule has 20 heavy (non-hydrogen) atoms. The Morgan fingerprint density at radius 3 is 2.80 bits per heavy atom. The Morgan fingerprint density at radius 1 is 1.35 bits per heavy atom. The van der Waals surface area contributed by atoms with Gasteiger partial charge in [-0.2, -0.15) is 0 Å². The van der Waals surface area contributed by atoms with Crippen molar-refractivity contribution in [2.75, 3.05) is 20.3 Å². The van der Waals surface area contributed by atoms with Crippen LogP contribution < -0.4 is 5.32 Å². The highest BCUT2D eigenvalue weighted by atomic mass is 79.9. The zero-order chi connectivity index (χ0) is 14.5. The van der Waals surface area contributed by atoms with Crippen LogP contribution in [0, 0.1) is 13.8 Å². The molecule has 0 atom stereocenters. The lowest BCUT2D eigenvalue weighted by Crippen LogP contribution is -2.19. The zero-order valence-corrected chi connectivity index (χ0v) is 13.7. The van der Waals surface area contributed by atoms with Crippen molar-refractivity contribution in [1.82, 2.24) is 14.9 Å². The topological polar surface area (TPSA) is 39.1 Å². The van der Waals surface area contributed by atoms with E-state index in [1.54, 1.807) is 7.11 Å². The molecule has 5 heteroatoms. The van der Waals surface area contributed by atoms with E-state index in [1.165, 1.54) is 11.3 Å². The Hall–Kier alpha value is -1.17. The Balaban J connectivity index is 2.26. The van der Waals surface area contributed by atoms with Gasteiger partial charge in [0, 0.05) is 30.4 Å². The summed E-state index contributed by atoms with van der Waals surface area (Å²) >= 11 is 3.54. The number of aryl methyl sites for hydroxylation is 1. The highest BCUT2D eigenvalue weighted by molar-refractivity contribution is 9.10. The van der Waals surface area contributed by atoms with Crippen LogP contribution in [0.25, 0.3) is 5.69 Å². The Labute approximate surface area is 128 Å². The summed E-state index contributed by atoms with van der Waals surface area (Å²) in [5, 5.41) is 3.38. The number of imidazole rings is 1. The summed E-state index contributed by atoms with van der Waals surface area (Å²) < 4.78 is 8.25. The summed E-state index contributed by atoms with van der Waals surface area (Å²) in [7, 11) is 1.71. The van der Waals surface area contributed by atoms with Crippen molar-refractivity contribution >= 4 is 15.9 Å². The molecule has 0 spiro atoms. The second kappa shape index (κ2) is 7.02. The van der Waals surface area contributed by atoms with Crippen molar-refractivity contribution in [2.24, 2.45) is 0 Å². The molecule has 0 aliphatic heterocycles. The molecule has 0 unspecified atom stereocenters. The van der Waals surface area contributed by atoms with Crippen LogP contribution in [0.4, 0.5) is 0 Å². The highest BCUT2D eigenvalue weighted by Gasteiger charge is 2.09. The van der Waals surface area contributed by atoms with Crippen LogP contribution in [-0.4, -0.2) is 29.8 Å². The van der Waals surface area contributed by atoms with Gasteiger partial charge in [0.15, 0.2) is 0 Å². The number of halogens is 1. The summed E-state index contributed by atoms with van der Waals surface area (Å²) in [5.74, 6) is 0. The number of ether oxygens (including phenoxy) is 1. The summed E-state index contributed by atoms with van der Waals surface area (Å²) in [6.07, 6.45) is 1.88. The average molecular weight is 338 g/mol. The molecule has 0 saturated carbocycles. The molecule has 4 nitrogen and oxygen atoms in total. The van der Waals surface area contributed by atoms with Crippen molar-refractivity contribution in [2.45, 2.75) is 20.4 Å². The smallest absolute Gasteiger partial charge is 0.0997 e. The molecule has 1 heterocycles. The number of aromatic nitrogens is 2. The van der Waals surface area contributed by atoms with Crippen LogP contribution in [-0.2, 0) is 11.3 Å². The molecule has 108 valence electrons. The molecule has 2 rings (SSSR count). The standard InChI is InChI=1S/C15H20BrN3O/c1-11-12(2)19(10-18-11)15-8-14(16)5-4-13(15)9-17-6-7-20-3/h4-5,8,10,17H,6-7,9H2,1-3H3. The van der Waals surface area contributed by atoms with Crippen molar-refractivity contribution < 1.29 is 4.74 Å². The minimum atomic E-state index is 0.717. The molecule has 0 saturated heterocycles. The van der Waals surface area contributed by atoms with Gasteiger partial charge in [0.05, 0.1) is 24.3 Å². The fourth-order valence-corrected chi connectivity index (χ4v) is 2.40. The number of nitrogens with zero attached hydrogens (tertiary/aromatic N) is 2. The third-order valence-corrected chi connectivity index (χ3v) is 3.85. The molecule has 0 radical (unpaired) electrons. The molecule has 2 aromatic rings. The van der Waals surface area contributed by atoms with Gasteiger partial charge in [-0.15, -0.1) is 0 Å². The van der Waals surface area contributed by atoms with E-state index in [2.05, 4.69) is 55.9 Å². The lowest BCUT2D eigenvalue weighted by molar-refractivity contribution is 0.199. The Bertz CT molecular complexity index is 580. The maximum Gasteiger partial charge on any atom is 0.0997 e. The molecule has 0 amide bonds. The van der Waals surface area contributed by atoms with Gasteiger partial charge >= 0.3 is 0 Å². The number of methoxy groups -OCH3 is 1. The Kier molecular flexibility index (Phi) is 5.34. The van der Waals surface area contributed by atoms with Crippen LogP contribution in [0.1, 0.15) is 17.0 Å². The van der Waals surface area contributed by atoms with Gasteiger partial charge in [0.2, 0.25) is 0 Å². The molecule has 1 aromatic heterocycles. The van der Waals surface area contributed by atoms with Crippen LogP contribution >= 0.6 is 15.9 Å². The third-order valence-electron chi connectivity index (χ3n) is 3.36. The van der Waals surface area contributed by atoms with E-state index in [0.717, 1.165) is 35.6 Å². The van der Waals surface area contributed by atoms with E-state index >= 15 is 0 Å². The predicted molar refractivity (Wildman–Crippen MR) is 84.3 cm³/mol. The SMILES string of the molecule is COCCNCc1ccc(Br)cc1-n1cnc(C)c1C. The van der Waals surface area contributed by atoms with Gasteiger partial charge in [-0.3, -0.25) is 0 Å². The highest BCUT2D eigenvalue weighted by Crippen LogP contribution is 2.22. The van der Waals surface area contributed by atoms with Gasteiger partial charge in [-0.25, -0.2) is 4.98 Å². The van der Waals surface area contributed by atoms with Gasteiger partial charge < -0.3 is 14.6 Å². The predicted octanol–water partition coefficient (Wildman–Crippen LogP) is 2.99. The first-order chi connectivity index (χ1) is 9.63. The molecular formula is C15H20BrN3O. The Morgan fingerprint density at radius 2 is 2.15 bits per heavy atom. The molecule has 0 bridgehead atoms. The molecule has 1 N–H and O–H groups in total. The summed E-state index contributed by atoms with van der Waals surface area (Å²) in [6, 6.07) is 6.32. The van der Waals surface area contributed by atoms with E-state index in [1.807, 2.05) is 13.3 Å². The number of hydrogen-bond acceptors (Lipinski definition) is 3. The number of benzene rings is 1. The minimum Gasteiger partial charge on any atom is -0.383 e. The van der Waals surface area contributed by atoms with Crippen molar-refractivity contribution in [3.63, 3.8) is 0 Å². The van der Waals surface area contributed by atoms with Crippen LogP contribution in [0.2, 0.25) is 0 Å². The average Bonchev–Trinajstić information content (AvgIpc) is 2.76. The van der Waals surface area contributed by atoms with Crippen molar-refractivity contribution in [1.29, 1.82) is 0 Å². The van der Waals surface area contributed by atoms with Gasteiger partial charge in [0.1, 0.15) is 0 Å².